The number of aromatic hydroxyl groups is 1. The van der Waals surface area contributed by atoms with Crippen molar-refractivity contribution in [3.63, 3.8) is 0 Å². The minimum Gasteiger partial charge on any atom is -0.505 e. The highest BCUT2D eigenvalue weighted by Crippen LogP contribution is 2.31. The van der Waals surface area contributed by atoms with Crippen LogP contribution in [-0.2, 0) is 0 Å². The molecule has 3 rings (SSSR count). The standard InChI is InChI=1S/C11H6BrN3O2S/c12-6-3-9(18-5-6)10-14-11(17-15-10)7-1-2-13-4-8(7)16/h1-5,16H. The van der Waals surface area contributed by atoms with Gasteiger partial charge in [0.2, 0.25) is 5.82 Å². The maximum Gasteiger partial charge on any atom is 0.262 e. The molecule has 0 bridgehead atoms. The number of nitrogens with zero attached hydrogens (tertiary/aromatic N) is 3. The molecule has 3 heterocycles. The van der Waals surface area contributed by atoms with E-state index >= 15 is 0 Å². The fourth-order valence-electron chi connectivity index (χ4n) is 1.43. The lowest BCUT2D eigenvalue weighted by atomic mass is 10.2. The molecule has 0 aliphatic rings. The topological polar surface area (TPSA) is 72.0 Å². The number of rotatable bonds is 2. The molecule has 3 aromatic rings. The van der Waals surface area contributed by atoms with Crippen LogP contribution in [0.25, 0.3) is 22.2 Å². The van der Waals surface area contributed by atoms with E-state index in [9.17, 15) is 5.11 Å². The van der Waals surface area contributed by atoms with Crippen molar-refractivity contribution in [2.24, 2.45) is 0 Å². The molecule has 0 saturated heterocycles. The van der Waals surface area contributed by atoms with E-state index in [1.165, 1.54) is 17.5 Å². The lowest BCUT2D eigenvalue weighted by Gasteiger charge is -1.95. The van der Waals surface area contributed by atoms with E-state index in [-0.39, 0.29) is 11.6 Å². The molecule has 0 amide bonds. The zero-order valence-electron chi connectivity index (χ0n) is 8.87. The van der Waals surface area contributed by atoms with Crippen molar-refractivity contribution < 1.29 is 9.63 Å². The average molecular weight is 324 g/mol. The first-order chi connectivity index (χ1) is 8.74. The van der Waals surface area contributed by atoms with Gasteiger partial charge < -0.3 is 9.63 Å². The largest absolute Gasteiger partial charge is 0.505 e. The van der Waals surface area contributed by atoms with Gasteiger partial charge in [0.25, 0.3) is 5.89 Å². The van der Waals surface area contributed by atoms with Gasteiger partial charge in [-0.3, -0.25) is 4.98 Å². The summed E-state index contributed by atoms with van der Waals surface area (Å²) in [6.45, 7) is 0. The van der Waals surface area contributed by atoms with Gasteiger partial charge in [-0.25, -0.2) is 0 Å². The van der Waals surface area contributed by atoms with Crippen molar-refractivity contribution >= 4 is 27.3 Å². The number of hydrogen-bond acceptors (Lipinski definition) is 6. The maximum atomic E-state index is 9.65. The first-order valence-corrected chi connectivity index (χ1v) is 6.63. The van der Waals surface area contributed by atoms with Gasteiger partial charge in [-0.05, 0) is 28.1 Å². The summed E-state index contributed by atoms with van der Waals surface area (Å²) in [6, 6.07) is 3.53. The van der Waals surface area contributed by atoms with E-state index in [0.29, 0.717) is 11.4 Å². The molecule has 1 N–H and O–H groups in total. The van der Waals surface area contributed by atoms with E-state index in [1.807, 2.05) is 11.4 Å². The van der Waals surface area contributed by atoms with Crippen LogP contribution in [0.5, 0.6) is 5.75 Å². The summed E-state index contributed by atoms with van der Waals surface area (Å²) < 4.78 is 6.11. The molecule has 18 heavy (non-hydrogen) atoms. The molecular formula is C11H6BrN3O2S. The highest BCUT2D eigenvalue weighted by Gasteiger charge is 2.14. The van der Waals surface area contributed by atoms with Crippen LogP contribution in [0.3, 0.4) is 0 Å². The predicted molar refractivity (Wildman–Crippen MR) is 70.2 cm³/mol. The van der Waals surface area contributed by atoms with Gasteiger partial charge in [0, 0.05) is 16.0 Å². The Morgan fingerprint density at radius 3 is 3.00 bits per heavy atom. The van der Waals surface area contributed by atoms with Crippen molar-refractivity contribution in [1.82, 2.24) is 15.1 Å². The first kappa shape index (κ1) is 11.4. The Labute approximate surface area is 114 Å². The molecule has 0 aliphatic carbocycles. The minimum atomic E-state index is 0.0139. The second-order valence-corrected chi connectivity index (χ2v) is 5.27. The smallest absolute Gasteiger partial charge is 0.262 e. The van der Waals surface area contributed by atoms with E-state index in [2.05, 4.69) is 31.1 Å². The van der Waals surface area contributed by atoms with Gasteiger partial charge in [0.05, 0.1) is 16.6 Å². The van der Waals surface area contributed by atoms with E-state index < -0.39 is 0 Å². The Morgan fingerprint density at radius 2 is 2.28 bits per heavy atom. The number of thiophene rings is 1. The molecule has 0 spiro atoms. The van der Waals surface area contributed by atoms with Crippen molar-refractivity contribution in [1.29, 1.82) is 0 Å². The zero-order chi connectivity index (χ0) is 12.5. The Kier molecular flexibility index (Phi) is 2.85. The summed E-state index contributed by atoms with van der Waals surface area (Å²) in [4.78, 5) is 8.94. The summed E-state index contributed by atoms with van der Waals surface area (Å²) in [6.07, 6.45) is 2.89. The molecule has 0 aromatic carbocycles. The summed E-state index contributed by atoms with van der Waals surface area (Å²) in [5.41, 5.74) is 0.472. The van der Waals surface area contributed by atoms with Gasteiger partial charge in [-0.15, -0.1) is 11.3 Å². The molecule has 0 fully saturated rings. The second-order valence-electron chi connectivity index (χ2n) is 3.45. The molecule has 0 radical (unpaired) electrons. The van der Waals surface area contributed by atoms with Crippen LogP contribution in [0, 0.1) is 0 Å². The Balaban J connectivity index is 2.02. The van der Waals surface area contributed by atoms with Gasteiger partial charge >= 0.3 is 0 Å². The SMILES string of the molecule is Oc1cnccc1-c1nc(-c2cc(Br)cs2)no1. The third-order valence-corrected chi connectivity index (χ3v) is 3.93. The number of pyridine rings is 1. The van der Waals surface area contributed by atoms with Crippen LogP contribution < -0.4 is 0 Å². The Hall–Kier alpha value is -1.73. The fraction of sp³-hybridized carbons (Fsp3) is 0. The maximum absolute atomic E-state index is 9.65. The van der Waals surface area contributed by atoms with E-state index in [0.717, 1.165) is 9.35 Å². The van der Waals surface area contributed by atoms with Crippen LogP contribution in [0.15, 0.2) is 38.9 Å². The summed E-state index contributed by atoms with van der Waals surface area (Å²) in [5.74, 6) is 0.784. The van der Waals surface area contributed by atoms with Crippen molar-refractivity contribution in [2.75, 3.05) is 0 Å². The summed E-state index contributed by atoms with van der Waals surface area (Å²) in [5, 5.41) is 15.5. The molecule has 0 saturated carbocycles. The summed E-state index contributed by atoms with van der Waals surface area (Å²) in [7, 11) is 0. The highest BCUT2D eigenvalue weighted by molar-refractivity contribution is 9.10. The quantitative estimate of drug-likeness (QED) is 0.783. The van der Waals surface area contributed by atoms with Crippen LogP contribution in [0.4, 0.5) is 0 Å². The normalized spacial score (nSPS) is 10.7. The molecule has 0 atom stereocenters. The van der Waals surface area contributed by atoms with E-state index in [1.54, 1.807) is 12.3 Å². The van der Waals surface area contributed by atoms with Gasteiger partial charge in [-0.2, -0.15) is 4.98 Å². The number of aromatic nitrogens is 3. The van der Waals surface area contributed by atoms with Crippen molar-refractivity contribution in [3.05, 3.63) is 34.4 Å². The minimum absolute atomic E-state index is 0.0139. The third-order valence-electron chi connectivity index (χ3n) is 2.24. The lowest BCUT2D eigenvalue weighted by Crippen LogP contribution is -1.80. The molecule has 90 valence electrons. The number of halogens is 1. The van der Waals surface area contributed by atoms with Crippen LogP contribution in [0.1, 0.15) is 0 Å². The third kappa shape index (κ3) is 2.02. The predicted octanol–water partition coefficient (Wildman–Crippen LogP) is 3.33. The molecule has 3 aromatic heterocycles. The Bertz CT molecular complexity index is 695. The van der Waals surface area contributed by atoms with E-state index in [4.69, 9.17) is 4.52 Å². The number of hydrogen-bond donors (Lipinski definition) is 1. The lowest BCUT2D eigenvalue weighted by molar-refractivity contribution is 0.425. The molecule has 0 aliphatic heterocycles. The van der Waals surface area contributed by atoms with Gasteiger partial charge in [-0.1, -0.05) is 5.16 Å². The average Bonchev–Trinajstić information content (AvgIpc) is 2.98. The van der Waals surface area contributed by atoms with Crippen molar-refractivity contribution in [2.45, 2.75) is 0 Å². The highest BCUT2D eigenvalue weighted by atomic mass is 79.9. The van der Waals surface area contributed by atoms with Crippen LogP contribution in [0.2, 0.25) is 0 Å². The zero-order valence-corrected chi connectivity index (χ0v) is 11.3. The molecule has 5 nitrogen and oxygen atoms in total. The van der Waals surface area contributed by atoms with Gasteiger partial charge in [0.1, 0.15) is 5.75 Å². The van der Waals surface area contributed by atoms with Gasteiger partial charge in [0.15, 0.2) is 0 Å². The molecular weight excluding hydrogens is 318 g/mol. The van der Waals surface area contributed by atoms with Crippen LogP contribution in [-0.4, -0.2) is 20.2 Å². The van der Waals surface area contributed by atoms with Crippen LogP contribution >= 0.6 is 27.3 Å². The second kappa shape index (κ2) is 4.51. The Morgan fingerprint density at radius 1 is 1.39 bits per heavy atom. The fourth-order valence-corrected chi connectivity index (χ4v) is 2.78. The summed E-state index contributed by atoms with van der Waals surface area (Å²) >= 11 is 4.88. The monoisotopic (exact) mass is 323 g/mol. The molecule has 7 heteroatoms. The first-order valence-electron chi connectivity index (χ1n) is 4.95. The molecule has 0 unspecified atom stereocenters. The van der Waals surface area contributed by atoms with Crippen molar-refractivity contribution in [3.8, 4) is 27.9 Å².